The van der Waals surface area contributed by atoms with Crippen LogP contribution in [-0.2, 0) is 6.42 Å². The molecule has 0 spiro atoms. The molecular formula is C10H9FO. The molecule has 62 valence electrons. The summed E-state index contributed by atoms with van der Waals surface area (Å²) in [7, 11) is 0. The molecule has 0 saturated carbocycles. The van der Waals surface area contributed by atoms with Crippen LogP contribution in [0.5, 0.6) is 0 Å². The molecule has 1 heterocycles. The number of halogens is 1. The second-order valence-electron chi connectivity index (χ2n) is 2.72. The summed E-state index contributed by atoms with van der Waals surface area (Å²) in [5, 5.41) is 0.840. The summed E-state index contributed by atoms with van der Waals surface area (Å²) in [6, 6.07) is 6.82. The Kier molecular flexibility index (Phi) is 1.61. The molecule has 0 N–H and O–H groups in total. The maximum atomic E-state index is 13.0. The summed E-state index contributed by atoms with van der Waals surface area (Å²) in [4.78, 5) is 0. The highest BCUT2D eigenvalue weighted by Crippen LogP contribution is 2.21. The maximum absolute atomic E-state index is 13.0. The molecule has 2 heteroatoms. The van der Waals surface area contributed by atoms with Gasteiger partial charge in [-0.1, -0.05) is 19.1 Å². The largest absolute Gasteiger partial charge is 0.458 e. The zero-order chi connectivity index (χ0) is 8.55. The molecule has 0 unspecified atom stereocenters. The molecule has 0 aliphatic carbocycles. The Balaban J connectivity index is 2.74. The van der Waals surface area contributed by atoms with Crippen LogP contribution in [0.3, 0.4) is 0 Å². The van der Waals surface area contributed by atoms with Crippen molar-refractivity contribution in [2.45, 2.75) is 13.3 Å². The van der Waals surface area contributed by atoms with Crippen molar-refractivity contribution in [1.29, 1.82) is 0 Å². The molecule has 0 saturated heterocycles. The minimum atomic E-state index is -0.285. The van der Waals surface area contributed by atoms with Gasteiger partial charge >= 0.3 is 0 Å². The second-order valence-corrected chi connectivity index (χ2v) is 2.72. The van der Waals surface area contributed by atoms with Crippen molar-refractivity contribution in [1.82, 2.24) is 0 Å². The van der Waals surface area contributed by atoms with E-state index in [9.17, 15) is 4.39 Å². The Morgan fingerprint density at radius 1 is 1.42 bits per heavy atom. The molecule has 0 amide bonds. The molecule has 0 aliphatic heterocycles. The third-order valence-corrected chi connectivity index (χ3v) is 1.90. The van der Waals surface area contributed by atoms with Crippen LogP contribution in [0.4, 0.5) is 4.39 Å². The molecule has 0 aliphatic rings. The van der Waals surface area contributed by atoms with Gasteiger partial charge in [0.2, 0.25) is 0 Å². The number of aryl methyl sites for hydroxylation is 1. The second kappa shape index (κ2) is 2.63. The van der Waals surface area contributed by atoms with Gasteiger partial charge in [0, 0.05) is 11.8 Å². The Morgan fingerprint density at radius 2 is 2.25 bits per heavy atom. The van der Waals surface area contributed by atoms with Crippen molar-refractivity contribution in [2.24, 2.45) is 0 Å². The van der Waals surface area contributed by atoms with Gasteiger partial charge in [0.25, 0.3) is 0 Å². The first-order valence-electron chi connectivity index (χ1n) is 3.98. The Labute approximate surface area is 69.8 Å². The summed E-state index contributed by atoms with van der Waals surface area (Å²) >= 11 is 0. The van der Waals surface area contributed by atoms with Crippen molar-refractivity contribution in [3.05, 3.63) is 35.8 Å². The van der Waals surface area contributed by atoms with E-state index in [-0.39, 0.29) is 5.82 Å². The van der Waals surface area contributed by atoms with Crippen LogP contribution in [0.2, 0.25) is 0 Å². The number of furan rings is 1. The fourth-order valence-corrected chi connectivity index (χ4v) is 1.26. The SMILES string of the molecule is CCc1cc2cccc(F)c2o1. The van der Waals surface area contributed by atoms with Crippen LogP contribution in [0.1, 0.15) is 12.7 Å². The average Bonchev–Trinajstić information content (AvgIpc) is 2.49. The van der Waals surface area contributed by atoms with E-state index in [0.717, 1.165) is 17.6 Å². The van der Waals surface area contributed by atoms with Crippen LogP contribution < -0.4 is 0 Å². The van der Waals surface area contributed by atoms with Crippen LogP contribution in [0, 0.1) is 5.82 Å². The first-order valence-corrected chi connectivity index (χ1v) is 3.98. The molecule has 0 radical (unpaired) electrons. The van der Waals surface area contributed by atoms with E-state index < -0.39 is 0 Å². The van der Waals surface area contributed by atoms with Gasteiger partial charge in [-0.15, -0.1) is 0 Å². The van der Waals surface area contributed by atoms with Crippen LogP contribution in [0.25, 0.3) is 11.0 Å². The predicted molar refractivity (Wildman–Crippen MR) is 45.6 cm³/mol. The lowest BCUT2D eigenvalue weighted by molar-refractivity contribution is 0.525. The van der Waals surface area contributed by atoms with Gasteiger partial charge in [0.15, 0.2) is 11.4 Å². The van der Waals surface area contributed by atoms with Crippen molar-refractivity contribution in [2.75, 3.05) is 0 Å². The van der Waals surface area contributed by atoms with E-state index in [1.807, 2.05) is 19.1 Å². The summed E-state index contributed by atoms with van der Waals surface area (Å²) in [5.41, 5.74) is 0.370. The first kappa shape index (κ1) is 7.35. The number of para-hydroxylation sites is 1. The van der Waals surface area contributed by atoms with E-state index >= 15 is 0 Å². The number of fused-ring (bicyclic) bond motifs is 1. The number of benzene rings is 1. The topological polar surface area (TPSA) is 13.1 Å². The Bertz CT molecular complexity index is 403. The first-order chi connectivity index (χ1) is 5.81. The third-order valence-electron chi connectivity index (χ3n) is 1.90. The number of hydrogen-bond acceptors (Lipinski definition) is 1. The standard InChI is InChI=1S/C10H9FO/c1-2-8-6-7-4-3-5-9(11)10(7)12-8/h3-6H,2H2,1H3. The smallest absolute Gasteiger partial charge is 0.169 e. The normalized spacial score (nSPS) is 10.8. The van der Waals surface area contributed by atoms with E-state index in [2.05, 4.69) is 0 Å². The van der Waals surface area contributed by atoms with Crippen LogP contribution >= 0.6 is 0 Å². The van der Waals surface area contributed by atoms with Gasteiger partial charge in [-0.3, -0.25) is 0 Å². The van der Waals surface area contributed by atoms with Crippen molar-refractivity contribution >= 4 is 11.0 Å². The molecule has 2 rings (SSSR count). The molecular weight excluding hydrogens is 155 g/mol. The third kappa shape index (κ3) is 0.998. The fraction of sp³-hybridized carbons (Fsp3) is 0.200. The molecule has 0 fully saturated rings. The quantitative estimate of drug-likeness (QED) is 0.631. The van der Waals surface area contributed by atoms with E-state index in [0.29, 0.717) is 5.58 Å². The summed E-state index contributed by atoms with van der Waals surface area (Å²) in [6.07, 6.45) is 0.800. The zero-order valence-electron chi connectivity index (χ0n) is 6.80. The molecule has 0 atom stereocenters. The minimum Gasteiger partial charge on any atom is -0.458 e. The predicted octanol–water partition coefficient (Wildman–Crippen LogP) is 3.13. The van der Waals surface area contributed by atoms with E-state index in [1.165, 1.54) is 6.07 Å². The average molecular weight is 164 g/mol. The molecule has 0 bridgehead atoms. The highest BCUT2D eigenvalue weighted by molar-refractivity contribution is 5.78. The summed E-state index contributed by atoms with van der Waals surface area (Å²) < 4.78 is 18.3. The Hall–Kier alpha value is -1.31. The minimum absolute atomic E-state index is 0.285. The summed E-state index contributed by atoms with van der Waals surface area (Å²) in [6.45, 7) is 1.98. The van der Waals surface area contributed by atoms with Crippen LogP contribution in [0.15, 0.2) is 28.7 Å². The monoisotopic (exact) mass is 164 g/mol. The van der Waals surface area contributed by atoms with E-state index in [4.69, 9.17) is 4.42 Å². The van der Waals surface area contributed by atoms with Crippen molar-refractivity contribution < 1.29 is 8.81 Å². The summed E-state index contributed by atoms with van der Waals surface area (Å²) in [5.74, 6) is 0.544. The Morgan fingerprint density at radius 3 is 2.92 bits per heavy atom. The van der Waals surface area contributed by atoms with Gasteiger partial charge in [-0.25, -0.2) is 4.39 Å². The lowest BCUT2D eigenvalue weighted by atomic mass is 10.2. The van der Waals surface area contributed by atoms with Gasteiger partial charge in [-0.05, 0) is 12.1 Å². The van der Waals surface area contributed by atoms with Gasteiger partial charge in [-0.2, -0.15) is 0 Å². The molecule has 1 nitrogen and oxygen atoms in total. The molecule has 1 aromatic carbocycles. The highest BCUT2D eigenvalue weighted by atomic mass is 19.1. The molecule has 12 heavy (non-hydrogen) atoms. The highest BCUT2D eigenvalue weighted by Gasteiger charge is 2.05. The maximum Gasteiger partial charge on any atom is 0.169 e. The number of hydrogen-bond donors (Lipinski definition) is 0. The van der Waals surface area contributed by atoms with Crippen molar-refractivity contribution in [3.8, 4) is 0 Å². The molecule has 1 aromatic heterocycles. The zero-order valence-corrected chi connectivity index (χ0v) is 6.80. The van der Waals surface area contributed by atoms with Crippen molar-refractivity contribution in [3.63, 3.8) is 0 Å². The van der Waals surface area contributed by atoms with Gasteiger partial charge in [0.05, 0.1) is 0 Å². The van der Waals surface area contributed by atoms with Crippen LogP contribution in [-0.4, -0.2) is 0 Å². The fourth-order valence-electron chi connectivity index (χ4n) is 1.26. The lowest BCUT2D eigenvalue weighted by Crippen LogP contribution is -1.71. The number of rotatable bonds is 1. The van der Waals surface area contributed by atoms with E-state index in [1.54, 1.807) is 6.07 Å². The molecule has 2 aromatic rings. The van der Waals surface area contributed by atoms with Gasteiger partial charge < -0.3 is 4.42 Å². The van der Waals surface area contributed by atoms with Gasteiger partial charge in [0.1, 0.15) is 5.76 Å². The lowest BCUT2D eigenvalue weighted by Gasteiger charge is -1.88.